The summed E-state index contributed by atoms with van der Waals surface area (Å²) in [7, 11) is 0. The first kappa shape index (κ1) is 19.0. The summed E-state index contributed by atoms with van der Waals surface area (Å²) in [6.07, 6.45) is 2.67. The number of Topliss-reactive ketones (excluding diaryl/α,β-unsaturated/α-hetero) is 1. The normalized spacial score (nSPS) is 44.0. The second kappa shape index (κ2) is 6.08. The van der Waals surface area contributed by atoms with E-state index in [1.54, 1.807) is 0 Å². The van der Waals surface area contributed by atoms with Crippen LogP contribution in [-0.4, -0.2) is 24.0 Å². The summed E-state index contributed by atoms with van der Waals surface area (Å²) in [6, 6.07) is 0. The van der Waals surface area contributed by atoms with Gasteiger partial charge < -0.3 is 4.74 Å². The van der Waals surface area contributed by atoms with Crippen molar-refractivity contribution in [2.24, 2.45) is 28.6 Å². The molecule has 0 N–H and O–H groups in total. The maximum absolute atomic E-state index is 12.5. The fourth-order valence-corrected chi connectivity index (χ4v) is 6.72. The Morgan fingerprint density at radius 2 is 1.78 bits per heavy atom. The number of alkyl halides is 3. The molecule has 0 aliphatic heterocycles. The fourth-order valence-electron chi connectivity index (χ4n) is 6.72. The van der Waals surface area contributed by atoms with Gasteiger partial charge in [0.1, 0.15) is 11.9 Å². The number of carbonyl (C=O) groups is 2. The summed E-state index contributed by atoms with van der Waals surface area (Å²) < 4.78 is 42.3. The van der Waals surface area contributed by atoms with Crippen LogP contribution >= 0.6 is 0 Å². The van der Waals surface area contributed by atoms with Crippen LogP contribution in [0.1, 0.15) is 65.2 Å². The van der Waals surface area contributed by atoms with Crippen molar-refractivity contribution in [1.82, 2.24) is 0 Å². The van der Waals surface area contributed by atoms with Gasteiger partial charge in [0, 0.05) is 18.3 Å². The third kappa shape index (κ3) is 2.85. The molecular formula is C21H27F3O3. The number of rotatable bonds is 1. The van der Waals surface area contributed by atoms with Gasteiger partial charge in [-0.3, -0.25) is 4.79 Å². The molecular weight excluding hydrogens is 357 g/mol. The zero-order valence-electron chi connectivity index (χ0n) is 15.9. The van der Waals surface area contributed by atoms with Gasteiger partial charge >= 0.3 is 12.1 Å². The molecule has 6 heteroatoms. The third-order valence-corrected chi connectivity index (χ3v) is 8.27. The summed E-state index contributed by atoms with van der Waals surface area (Å²) in [5.74, 6) is -0.282. The highest BCUT2D eigenvalue weighted by atomic mass is 19.4. The third-order valence-electron chi connectivity index (χ3n) is 8.27. The highest BCUT2D eigenvalue weighted by Gasteiger charge is 2.58. The molecule has 6 atom stereocenters. The van der Waals surface area contributed by atoms with Crippen molar-refractivity contribution < 1.29 is 27.5 Å². The van der Waals surface area contributed by atoms with E-state index >= 15 is 0 Å². The maximum Gasteiger partial charge on any atom is 0.490 e. The SMILES string of the molecule is C[C@]12CC[C@H](OC(=O)C(F)(F)F)CC1=CC[C@H]1[C@H]2CC[C@]2(C)C(=O)CC[C@H]12. The Kier molecular flexibility index (Phi) is 4.28. The van der Waals surface area contributed by atoms with E-state index in [1.807, 2.05) is 0 Å². The van der Waals surface area contributed by atoms with Crippen molar-refractivity contribution >= 4 is 11.8 Å². The number of allylic oxidation sites excluding steroid dienone is 1. The van der Waals surface area contributed by atoms with E-state index in [4.69, 9.17) is 4.74 Å². The van der Waals surface area contributed by atoms with Crippen molar-refractivity contribution in [2.45, 2.75) is 77.5 Å². The van der Waals surface area contributed by atoms with Crippen LogP contribution in [0.2, 0.25) is 0 Å². The minimum absolute atomic E-state index is 0.0446. The molecule has 3 nitrogen and oxygen atoms in total. The minimum Gasteiger partial charge on any atom is -0.455 e. The number of halogens is 3. The molecule has 0 aromatic heterocycles. The zero-order chi connectivity index (χ0) is 19.6. The number of hydrogen-bond acceptors (Lipinski definition) is 3. The molecule has 4 aliphatic rings. The van der Waals surface area contributed by atoms with E-state index in [2.05, 4.69) is 19.9 Å². The summed E-state index contributed by atoms with van der Waals surface area (Å²) in [5.41, 5.74) is 0.933. The molecule has 0 bridgehead atoms. The van der Waals surface area contributed by atoms with Crippen molar-refractivity contribution in [2.75, 3.05) is 0 Å². The Morgan fingerprint density at radius 1 is 1.11 bits per heavy atom. The maximum atomic E-state index is 12.5. The smallest absolute Gasteiger partial charge is 0.455 e. The molecule has 3 saturated carbocycles. The first-order valence-corrected chi connectivity index (χ1v) is 10.1. The van der Waals surface area contributed by atoms with Crippen molar-refractivity contribution in [3.8, 4) is 0 Å². The summed E-state index contributed by atoms with van der Waals surface area (Å²) in [5, 5.41) is 0. The van der Waals surface area contributed by atoms with Gasteiger partial charge in [-0.25, -0.2) is 4.79 Å². The lowest BCUT2D eigenvalue weighted by molar-refractivity contribution is -0.206. The summed E-state index contributed by atoms with van der Waals surface area (Å²) >= 11 is 0. The second-order valence-corrected chi connectivity index (χ2v) is 9.45. The van der Waals surface area contributed by atoms with Crippen LogP contribution in [0.5, 0.6) is 0 Å². The molecule has 27 heavy (non-hydrogen) atoms. The van der Waals surface area contributed by atoms with Crippen molar-refractivity contribution in [1.29, 1.82) is 0 Å². The van der Waals surface area contributed by atoms with E-state index in [0.717, 1.165) is 37.7 Å². The van der Waals surface area contributed by atoms with Gasteiger partial charge in [-0.05, 0) is 61.7 Å². The van der Waals surface area contributed by atoms with Gasteiger partial charge in [0.25, 0.3) is 0 Å². The molecule has 0 amide bonds. The Labute approximate surface area is 157 Å². The Morgan fingerprint density at radius 3 is 2.48 bits per heavy atom. The summed E-state index contributed by atoms with van der Waals surface area (Å²) in [6.45, 7) is 4.37. The minimum atomic E-state index is -4.93. The zero-order valence-corrected chi connectivity index (χ0v) is 15.9. The number of ether oxygens (including phenoxy) is 1. The lowest BCUT2D eigenvalue weighted by atomic mass is 9.48. The average molecular weight is 384 g/mol. The van der Waals surface area contributed by atoms with Crippen LogP contribution < -0.4 is 0 Å². The predicted molar refractivity (Wildman–Crippen MR) is 92.6 cm³/mol. The number of carbonyl (C=O) groups excluding carboxylic acids is 2. The van der Waals surface area contributed by atoms with Crippen LogP contribution in [0, 0.1) is 28.6 Å². The van der Waals surface area contributed by atoms with Gasteiger partial charge in [0.15, 0.2) is 0 Å². The lowest BCUT2D eigenvalue weighted by Gasteiger charge is -2.56. The molecule has 0 heterocycles. The van der Waals surface area contributed by atoms with Crippen LogP contribution in [0.15, 0.2) is 11.6 Å². The van der Waals surface area contributed by atoms with Crippen molar-refractivity contribution in [3.63, 3.8) is 0 Å². The van der Waals surface area contributed by atoms with E-state index in [-0.39, 0.29) is 10.8 Å². The number of esters is 1. The highest BCUT2D eigenvalue weighted by Crippen LogP contribution is 2.64. The highest BCUT2D eigenvalue weighted by molar-refractivity contribution is 5.87. The monoisotopic (exact) mass is 384 g/mol. The standard InChI is InChI=1S/C21H27F3O3/c1-19-9-7-13(27-18(26)21(22,23)24)11-12(19)3-4-14-15-5-6-17(25)20(15,2)10-8-16(14)19/h3,13-16H,4-11H2,1-2H3/t13-,14+,15+,16+,19-,20-/m0/s1. The topological polar surface area (TPSA) is 43.4 Å². The molecule has 150 valence electrons. The van der Waals surface area contributed by atoms with E-state index in [9.17, 15) is 22.8 Å². The van der Waals surface area contributed by atoms with E-state index in [0.29, 0.717) is 42.8 Å². The molecule has 0 aromatic carbocycles. The van der Waals surface area contributed by atoms with Crippen LogP contribution in [0.4, 0.5) is 13.2 Å². The lowest BCUT2D eigenvalue weighted by Crippen LogP contribution is -2.50. The number of ketones is 1. The first-order chi connectivity index (χ1) is 12.6. The number of fused-ring (bicyclic) bond motifs is 5. The molecule has 4 rings (SSSR count). The molecule has 3 fully saturated rings. The summed E-state index contributed by atoms with van der Waals surface area (Å²) in [4.78, 5) is 23.6. The fraction of sp³-hybridized carbons (Fsp3) is 0.810. The van der Waals surface area contributed by atoms with E-state index in [1.165, 1.54) is 0 Å². The van der Waals surface area contributed by atoms with Gasteiger partial charge in [-0.2, -0.15) is 13.2 Å². The largest absolute Gasteiger partial charge is 0.490 e. The Bertz CT molecular complexity index is 697. The molecule has 4 aliphatic carbocycles. The van der Waals surface area contributed by atoms with Gasteiger partial charge in [-0.1, -0.05) is 25.5 Å². The quantitative estimate of drug-likeness (QED) is 0.472. The molecule has 0 unspecified atom stereocenters. The van der Waals surface area contributed by atoms with E-state index < -0.39 is 18.2 Å². The van der Waals surface area contributed by atoms with Gasteiger partial charge in [0.2, 0.25) is 0 Å². The molecule has 0 aromatic rings. The average Bonchev–Trinajstić information content (AvgIpc) is 2.89. The van der Waals surface area contributed by atoms with Gasteiger partial charge in [0.05, 0.1) is 0 Å². The molecule has 0 saturated heterocycles. The Hall–Kier alpha value is -1.33. The first-order valence-electron chi connectivity index (χ1n) is 10.1. The van der Waals surface area contributed by atoms with Crippen molar-refractivity contribution in [3.05, 3.63) is 11.6 Å². The van der Waals surface area contributed by atoms with Crippen LogP contribution in [0.25, 0.3) is 0 Å². The van der Waals surface area contributed by atoms with Crippen LogP contribution in [0.3, 0.4) is 0 Å². The Balaban J connectivity index is 1.53. The second-order valence-electron chi connectivity index (χ2n) is 9.45. The van der Waals surface area contributed by atoms with Crippen LogP contribution in [-0.2, 0) is 14.3 Å². The predicted octanol–water partition coefficient (Wildman–Crippen LogP) is 4.99. The molecule has 0 radical (unpaired) electrons. The van der Waals surface area contributed by atoms with Gasteiger partial charge in [-0.15, -0.1) is 0 Å². The molecule has 0 spiro atoms. The number of hydrogen-bond donors (Lipinski definition) is 0.